The summed E-state index contributed by atoms with van der Waals surface area (Å²) in [4.78, 5) is 26.0. The largest absolute Gasteiger partial charge is 0.465 e. The molecule has 132 valence electrons. The van der Waals surface area contributed by atoms with Crippen LogP contribution in [0.2, 0.25) is 0 Å². The second kappa shape index (κ2) is 7.83. The van der Waals surface area contributed by atoms with Crippen LogP contribution < -0.4 is 5.32 Å². The number of aromatic nitrogens is 2. The van der Waals surface area contributed by atoms with Crippen molar-refractivity contribution in [2.24, 2.45) is 13.0 Å². The van der Waals surface area contributed by atoms with Crippen LogP contribution in [-0.4, -0.2) is 46.1 Å². The van der Waals surface area contributed by atoms with Crippen LogP contribution in [0.5, 0.6) is 0 Å². The number of furan rings is 1. The van der Waals surface area contributed by atoms with Crippen molar-refractivity contribution in [2.75, 3.05) is 19.6 Å². The summed E-state index contributed by atoms with van der Waals surface area (Å²) in [6.45, 7) is 2.03. The van der Waals surface area contributed by atoms with Crippen LogP contribution in [0.25, 0.3) is 6.08 Å². The van der Waals surface area contributed by atoms with Gasteiger partial charge in [0.25, 0.3) is 5.91 Å². The predicted molar refractivity (Wildman–Crippen MR) is 92.6 cm³/mol. The standard InChI is InChI=1S/C18H22N4O3/c1-21-13-15(12-20-21)18(24)19-11-14-6-8-22(9-7-14)17(23)5-4-16-3-2-10-25-16/h2-5,10,12-14H,6-9,11H2,1H3,(H,19,24)/b5-4+. The van der Waals surface area contributed by atoms with Gasteiger partial charge in [-0.15, -0.1) is 0 Å². The fourth-order valence-corrected chi connectivity index (χ4v) is 2.88. The van der Waals surface area contributed by atoms with Gasteiger partial charge in [-0.1, -0.05) is 0 Å². The quantitative estimate of drug-likeness (QED) is 0.839. The van der Waals surface area contributed by atoms with E-state index in [1.165, 1.54) is 0 Å². The number of likely N-dealkylation sites (tertiary alicyclic amines) is 1. The third-order valence-electron chi connectivity index (χ3n) is 4.38. The predicted octanol–water partition coefficient (Wildman–Crippen LogP) is 1.69. The number of nitrogens with one attached hydrogen (secondary N) is 1. The van der Waals surface area contributed by atoms with E-state index in [0.717, 1.165) is 12.8 Å². The van der Waals surface area contributed by atoms with E-state index >= 15 is 0 Å². The summed E-state index contributed by atoms with van der Waals surface area (Å²) in [5, 5.41) is 6.94. The molecule has 0 bridgehead atoms. The van der Waals surface area contributed by atoms with Crippen LogP contribution in [0, 0.1) is 5.92 Å². The minimum atomic E-state index is -0.104. The number of piperidine rings is 1. The van der Waals surface area contributed by atoms with E-state index in [-0.39, 0.29) is 11.8 Å². The van der Waals surface area contributed by atoms with Crippen LogP contribution in [0.4, 0.5) is 0 Å². The van der Waals surface area contributed by atoms with Crippen molar-refractivity contribution in [3.8, 4) is 0 Å². The molecule has 0 spiro atoms. The second-order valence-electron chi connectivity index (χ2n) is 6.23. The van der Waals surface area contributed by atoms with Crippen LogP contribution >= 0.6 is 0 Å². The fourth-order valence-electron chi connectivity index (χ4n) is 2.88. The first-order valence-corrected chi connectivity index (χ1v) is 8.39. The summed E-state index contributed by atoms with van der Waals surface area (Å²) in [5.74, 6) is 0.947. The molecule has 1 aliphatic rings. The molecule has 0 atom stereocenters. The van der Waals surface area contributed by atoms with Gasteiger partial charge in [0.05, 0.1) is 18.0 Å². The first kappa shape index (κ1) is 17.0. The molecule has 2 aromatic heterocycles. The van der Waals surface area contributed by atoms with Gasteiger partial charge in [-0.25, -0.2) is 0 Å². The molecule has 0 aliphatic carbocycles. The van der Waals surface area contributed by atoms with E-state index in [9.17, 15) is 9.59 Å². The Morgan fingerprint density at radius 2 is 2.20 bits per heavy atom. The number of aryl methyl sites for hydroxylation is 1. The Kier molecular flexibility index (Phi) is 5.33. The first-order chi connectivity index (χ1) is 12.1. The third kappa shape index (κ3) is 4.59. The number of carbonyl (C=O) groups excluding carboxylic acids is 2. The van der Waals surface area contributed by atoms with Crippen molar-refractivity contribution >= 4 is 17.9 Å². The van der Waals surface area contributed by atoms with Gasteiger partial charge in [-0.3, -0.25) is 14.3 Å². The van der Waals surface area contributed by atoms with E-state index in [0.29, 0.717) is 36.9 Å². The Hall–Kier alpha value is -2.83. The molecule has 1 aliphatic heterocycles. The minimum absolute atomic E-state index is 0.00533. The highest BCUT2D eigenvalue weighted by Gasteiger charge is 2.22. The van der Waals surface area contributed by atoms with E-state index in [1.807, 2.05) is 4.90 Å². The van der Waals surface area contributed by atoms with E-state index < -0.39 is 0 Å². The van der Waals surface area contributed by atoms with E-state index in [4.69, 9.17) is 4.42 Å². The summed E-state index contributed by atoms with van der Waals surface area (Å²) in [6, 6.07) is 3.59. The highest BCUT2D eigenvalue weighted by Crippen LogP contribution is 2.17. The van der Waals surface area contributed by atoms with Gasteiger partial charge < -0.3 is 14.6 Å². The molecule has 0 aromatic carbocycles. The van der Waals surface area contributed by atoms with Crippen molar-refractivity contribution in [1.29, 1.82) is 0 Å². The minimum Gasteiger partial charge on any atom is -0.465 e. The topological polar surface area (TPSA) is 80.4 Å². The van der Waals surface area contributed by atoms with Gasteiger partial charge in [0.15, 0.2) is 0 Å². The normalized spacial score (nSPS) is 15.6. The highest BCUT2D eigenvalue weighted by atomic mass is 16.3. The Bertz CT molecular complexity index is 740. The van der Waals surface area contributed by atoms with Crippen molar-refractivity contribution in [2.45, 2.75) is 12.8 Å². The van der Waals surface area contributed by atoms with Crippen molar-refractivity contribution < 1.29 is 14.0 Å². The molecule has 7 nitrogen and oxygen atoms in total. The molecule has 0 saturated carbocycles. The lowest BCUT2D eigenvalue weighted by atomic mass is 9.96. The maximum Gasteiger partial charge on any atom is 0.254 e. The van der Waals surface area contributed by atoms with Gasteiger partial charge in [0.2, 0.25) is 5.91 Å². The molecular weight excluding hydrogens is 320 g/mol. The fraction of sp³-hybridized carbons (Fsp3) is 0.389. The molecule has 1 fully saturated rings. The lowest BCUT2D eigenvalue weighted by Crippen LogP contribution is -2.40. The maximum atomic E-state index is 12.2. The van der Waals surface area contributed by atoms with Crippen LogP contribution in [0.3, 0.4) is 0 Å². The number of amides is 2. The van der Waals surface area contributed by atoms with Gasteiger partial charge >= 0.3 is 0 Å². The van der Waals surface area contributed by atoms with Gasteiger partial charge in [-0.2, -0.15) is 5.10 Å². The third-order valence-corrected chi connectivity index (χ3v) is 4.38. The summed E-state index contributed by atoms with van der Waals surface area (Å²) in [7, 11) is 1.78. The summed E-state index contributed by atoms with van der Waals surface area (Å²) in [5.41, 5.74) is 0.568. The molecule has 25 heavy (non-hydrogen) atoms. The van der Waals surface area contributed by atoms with Crippen molar-refractivity contribution in [3.05, 3.63) is 48.2 Å². The number of carbonyl (C=O) groups is 2. The zero-order chi connectivity index (χ0) is 17.6. The van der Waals surface area contributed by atoms with Crippen LogP contribution in [0.1, 0.15) is 29.0 Å². The Labute approximate surface area is 146 Å². The van der Waals surface area contributed by atoms with Gasteiger partial charge in [0.1, 0.15) is 5.76 Å². The molecule has 0 unspecified atom stereocenters. The molecule has 7 heteroatoms. The van der Waals surface area contributed by atoms with Crippen molar-refractivity contribution in [3.63, 3.8) is 0 Å². The summed E-state index contributed by atoms with van der Waals surface area (Å²) >= 11 is 0. The number of nitrogens with zero attached hydrogens (tertiary/aromatic N) is 3. The maximum absolute atomic E-state index is 12.2. The zero-order valence-corrected chi connectivity index (χ0v) is 14.2. The average molecular weight is 342 g/mol. The molecule has 1 saturated heterocycles. The molecule has 2 amide bonds. The summed E-state index contributed by atoms with van der Waals surface area (Å²) < 4.78 is 6.78. The lowest BCUT2D eigenvalue weighted by Gasteiger charge is -2.31. The van der Waals surface area contributed by atoms with E-state index in [2.05, 4.69) is 10.4 Å². The van der Waals surface area contributed by atoms with Crippen molar-refractivity contribution in [1.82, 2.24) is 20.0 Å². The monoisotopic (exact) mass is 342 g/mol. The summed E-state index contributed by atoms with van der Waals surface area (Å²) in [6.07, 6.45) is 9.83. The number of rotatable bonds is 5. The van der Waals surface area contributed by atoms with Crippen LogP contribution in [-0.2, 0) is 11.8 Å². The Morgan fingerprint density at radius 1 is 1.40 bits per heavy atom. The SMILES string of the molecule is Cn1cc(C(=O)NCC2CCN(C(=O)/C=C/c3ccco3)CC2)cn1. The molecule has 0 radical (unpaired) electrons. The highest BCUT2D eigenvalue weighted by molar-refractivity contribution is 5.93. The van der Waals surface area contributed by atoms with Crippen LogP contribution in [0.15, 0.2) is 41.3 Å². The molecule has 3 heterocycles. The lowest BCUT2D eigenvalue weighted by molar-refractivity contribution is -0.127. The Balaban J connectivity index is 1.41. The second-order valence-corrected chi connectivity index (χ2v) is 6.23. The average Bonchev–Trinajstić information content (AvgIpc) is 3.29. The first-order valence-electron chi connectivity index (χ1n) is 8.39. The number of hydrogen-bond acceptors (Lipinski definition) is 4. The Morgan fingerprint density at radius 3 is 2.84 bits per heavy atom. The molecule has 1 N–H and O–H groups in total. The molecule has 2 aromatic rings. The van der Waals surface area contributed by atoms with Gasteiger partial charge in [0, 0.05) is 39.0 Å². The number of hydrogen-bond donors (Lipinski definition) is 1. The molecule has 3 rings (SSSR count). The van der Waals surface area contributed by atoms with E-state index in [1.54, 1.807) is 54.7 Å². The van der Waals surface area contributed by atoms with Gasteiger partial charge in [-0.05, 0) is 37.0 Å². The smallest absolute Gasteiger partial charge is 0.254 e. The molecular formula is C18H22N4O3. The zero-order valence-electron chi connectivity index (χ0n) is 14.2.